The smallest absolute Gasteiger partial charge is 0.257 e. The van der Waals surface area contributed by atoms with Crippen molar-refractivity contribution in [2.45, 2.75) is 6.54 Å². The highest BCUT2D eigenvalue weighted by molar-refractivity contribution is 5.87. The number of amides is 1. The minimum absolute atomic E-state index is 0.167. The zero-order valence-corrected chi connectivity index (χ0v) is 23.5. The van der Waals surface area contributed by atoms with Gasteiger partial charge in [-0.3, -0.25) is 9.69 Å². The summed E-state index contributed by atoms with van der Waals surface area (Å²) in [7, 11) is 1.77. The molecule has 1 saturated heterocycles. The van der Waals surface area contributed by atoms with Crippen LogP contribution < -0.4 is 26.0 Å². The molecule has 0 radical (unpaired) electrons. The SMILES string of the molecule is CNCCNC(=O)COc1cc(N2CCN(CCn3cnc4c3nc(N)n3nc(-c5ccco5)nc43)CC2)c(F)cc1F. The van der Waals surface area contributed by atoms with Crippen LogP contribution in [0.15, 0.2) is 41.3 Å². The van der Waals surface area contributed by atoms with Crippen LogP contribution in [0.4, 0.5) is 20.4 Å². The van der Waals surface area contributed by atoms with Gasteiger partial charge in [-0.15, -0.1) is 5.10 Å². The Morgan fingerprint density at radius 3 is 2.70 bits per heavy atom. The summed E-state index contributed by atoms with van der Waals surface area (Å²) in [6, 6.07) is 5.63. The summed E-state index contributed by atoms with van der Waals surface area (Å²) in [4.78, 5) is 29.6. The van der Waals surface area contributed by atoms with Gasteiger partial charge in [0.2, 0.25) is 11.8 Å². The van der Waals surface area contributed by atoms with E-state index >= 15 is 0 Å². The molecule has 1 aliphatic heterocycles. The first-order chi connectivity index (χ1) is 20.9. The second-order valence-electron chi connectivity index (χ2n) is 10.0. The molecule has 1 amide bonds. The summed E-state index contributed by atoms with van der Waals surface area (Å²) in [6.07, 6.45) is 3.25. The first-order valence-electron chi connectivity index (χ1n) is 13.8. The van der Waals surface area contributed by atoms with Gasteiger partial charge >= 0.3 is 0 Å². The summed E-state index contributed by atoms with van der Waals surface area (Å²) in [5.74, 6) is -1.00. The standard InChI is InChI=1S/C27H31F2N11O3/c1-31-4-5-32-22(41)15-43-21-14-19(17(28)13-18(21)29)38-9-6-37(7-10-38)8-11-39-16-33-23-25(39)35-27(30)40-26(23)34-24(36-40)20-3-2-12-42-20/h2-3,12-14,16,31H,4-11,15H2,1H3,(H2,30,35)(H,32,41). The molecule has 226 valence electrons. The molecular weight excluding hydrogens is 564 g/mol. The number of fused-ring (bicyclic) bond motifs is 3. The van der Waals surface area contributed by atoms with Crippen LogP contribution in [0.25, 0.3) is 28.4 Å². The zero-order chi connectivity index (χ0) is 29.9. The molecule has 1 fully saturated rings. The van der Waals surface area contributed by atoms with Crippen LogP contribution in [0.2, 0.25) is 0 Å². The van der Waals surface area contributed by atoms with Crippen molar-refractivity contribution < 1.29 is 22.7 Å². The van der Waals surface area contributed by atoms with Gasteiger partial charge in [0.05, 0.1) is 18.3 Å². The predicted molar refractivity (Wildman–Crippen MR) is 154 cm³/mol. The van der Waals surface area contributed by atoms with E-state index in [4.69, 9.17) is 14.9 Å². The molecule has 5 aromatic rings. The number of furan rings is 1. The largest absolute Gasteiger partial charge is 0.481 e. The minimum atomic E-state index is -0.856. The van der Waals surface area contributed by atoms with E-state index in [0.29, 0.717) is 80.8 Å². The molecule has 16 heteroatoms. The van der Waals surface area contributed by atoms with Crippen LogP contribution in [-0.4, -0.2) is 99.4 Å². The Morgan fingerprint density at radius 2 is 1.93 bits per heavy atom. The molecule has 43 heavy (non-hydrogen) atoms. The highest BCUT2D eigenvalue weighted by Gasteiger charge is 2.23. The average Bonchev–Trinajstić information content (AvgIpc) is 3.76. The van der Waals surface area contributed by atoms with Crippen molar-refractivity contribution >= 4 is 34.4 Å². The summed E-state index contributed by atoms with van der Waals surface area (Å²) < 4.78 is 43.2. The van der Waals surface area contributed by atoms with Crippen LogP contribution in [0.3, 0.4) is 0 Å². The second-order valence-corrected chi connectivity index (χ2v) is 10.0. The van der Waals surface area contributed by atoms with Gasteiger partial charge in [-0.1, -0.05) is 0 Å². The first-order valence-corrected chi connectivity index (χ1v) is 13.8. The summed E-state index contributed by atoms with van der Waals surface area (Å²) >= 11 is 0. The lowest BCUT2D eigenvalue weighted by Gasteiger charge is -2.36. The van der Waals surface area contributed by atoms with E-state index in [1.165, 1.54) is 10.6 Å². The lowest BCUT2D eigenvalue weighted by atomic mass is 10.2. The Labute approximate surface area is 244 Å². The number of hydrogen-bond donors (Lipinski definition) is 3. The van der Waals surface area contributed by atoms with Crippen LogP contribution in [-0.2, 0) is 11.3 Å². The number of anilines is 2. The topological polar surface area (TPSA) is 157 Å². The van der Waals surface area contributed by atoms with E-state index in [9.17, 15) is 13.6 Å². The van der Waals surface area contributed by atoms with E-state index in [1.54, 1.807) is 31.8 Å². The molecule has 4 aromatic heterocycles. The molecule has 0 unspecified atom stereocenters. The molecule has 5 heterocycles. The van der Waals surface area contributed by atoms with Crippen molar-refractivity contribution in [1.82, 2.24) is 44.7 Å². The van der Waals surface area contributed by atoms with Crippen molar-refractivity contribution in [3.8, 4) is 17.3 Å². The lowest BCUT2D eigenvalue weighted by Crippen LogP contribution is -2.47. The van der Waals surface area contributed by atoms with Crippen LogP contribution >= 0.6 is 0 Å². The molecule has 1 aliphatic rings. The van der Waals surface area contributed by atoms with Gasteiger partial charge in [0, 0.05) is 64.5 Å². The van der Waals surface area contributed by atoms with Crippen LogP contribution in [0.5, 0.6) is 5.75 Å². The average molecular weight is 596 g/mol. The van der Waals surface area contributed by atoms with E-state index in [0.717, 1.165) is 6.07 Å². The lowest BCUT2D eigenvalue weighted by molar-refractivity contribution is -0.123. The quantitative estimate of drug-likeness (QED) is 0.188. The number of piperazine rings is 1. The second kappa shape index (κ2) is 12.2. The number of nitrogens with one attached hydrogen (secondary N) is 2. The molecule has 0 atom stereocenters. The van der Waals surface area contributed by atoms with Crippen molar-refractivity contribution in [2.24, 2.45) is 0 Å². The summed E-state index contributed by atoms with van der Waals surface area (Å²) in [5, 5.41) is 9.96. The number of benzene rings is 1. The van der Waals surface area contributed by atoms with E-state index in [1.807, 2.05) is 9.47 Å². The van der Waals surface area contributed by atoms with Crippen molar-refractivity contribution in [2.75, 3.05) is 70.1 Å². The number of hydrogen-bond acceptors (Lipinski definition) is 11. The van der Waals surface area contributed by atoms with Crippen LogP contribution in [0.1, 0.15) is 0 Å². The van der Waals surface area contributed by atoms with Crippen molar-refractivity contribution in [1.29, 1.82) is 0 Å². The van der Waals surface area contributed by atoms with Gasteiger partial charge in [-0.05, 0) is 19.2 Å². The molecule has 6 rings (SSSR count). The first kappa shape index (κ1) is 28.3. The minimum Gasteiger partial charge on any atom is -0.481 e. The third-order valence-electron chi connectivity index (χ3n) is 7.24. The third-order valence-corrected chi connectivity index (χ3v) is 7.24. The number of likely N-dealkylation sites (N-methyl/N-ethyl adjacent to an activating group) is 1. The van der Waals surface area contributed by atoms with Gasteiger partial charge in [-0.2, -0.15) is 9.50 Å². The fourth-order valence-electron chi connectivity index (χ4n) is 4.96. The molecular formula is C27H31F2N11O3. The maximum Gasteiger partial charge on any atom is 0.257 e. The maximum absolute atomic E-state index is 14.7. The summed E-state index contributed by atoms with van der Waals surface area (Å²) in [5.41, 5.74) is 8.08. The number of carbonyl (C=O) groups excluding carboxylic acids is 1. The fourth-order valence-corrected chi connectivity index (χ4v) is 4.96. The van der Waals surface area contributed by atoms with Gasteiger partial charge in [0.1, 0.15) is 5.82 Å². The van der Waals surface area contributed by atoms with Crippen LogP contribution in [0, 0.1) is 11.6 Å². The Kier molecular flexibility index (Phi) is 8.02. The van der Waals surface area contributed by atoms with E-state index < -0.39 is 11.6 Å². The number of aromatic nitrogens is 6. The predicted octanol–water partition coefficient (Wildman–Crippen LogP) is 1.13. The maximum atomic E-state index is 14.7. The highest BCUT2D eigenvalue weighted by Crippen LogP contribution is 2.29. The normalized spacial score (nSPS) is 14.2. The van der Waals surface area contributed by atoms with Gasteiger partial charge in [-0.25, -0.2) is 18.7 Å². The van der Waals surface area contributed by atoms with E-state index in [-0.39, 0.29) is 29.9 Å². The molecule has 14 nitrogen and oxygen atoms in total. The Balaban J connectivity index is 1.07. The molecule has 0 spiro atoms. The van der Waals surface area contributed by atoms with Crippen molar-refractivity contribution in [3.63, 3.8) is 0 Å². The number of nitrogens with two attached hydrogens (primary N) is 1. The number of carbonyl (C=O) groups is 1. The fraction of sp³-hybridized carbons (Fsp3) is 0.370. The number of nitrogens with zero attached hydrogens (tertiary/aromatic N) is 8. The third kappa shape index (κ3) is 5.91. The molecule has 0 aliphatic carbocycles. The molecule has 4 N–H and O–H groups in total. The number of halogens is 2. The Hall–Kier alpha value is -4.83. The van der Waals surface area contributed by atoms with Gasteiger partial charge in [0.15, 0.2) is 40.7 Å². The number of rotatable bonds is 11. The molecule has 0 bridgehead atoms. The Bertz CT molecular complexity index is 1730. The molecule has 1 aromatic carbocycles. The van der Waals surface area contributed by atoms with Gasteiger partial charge in [0.25, 0.3) is 5.91 Å². The Morgan fingerprint density at radius 1 is 1.09 bits per heavy atom. The number of ether oxygens (including phenoxy) is 1. The van der Waals surface area contributed by atoms with E-state index in [2.05, 4.69) is 35.6 Å². The number of nitrogen functional groups attached to an aromatic ring is 1. The van der Waals surface area contributed by atoms with Gasteiger partial charge < -0.3 is 35.0 Å². The van der Waals surface area contributed by atoms with Crippen molar-refractivity contribution in [3.05, 3.63) is 48.5 Å². The highest BCUT2D eigenvalue weighted by atomic mass is 19.1. The summed E-state index contributed by atoms with van der Waals surface area (Å²) in [6.45, 7) is 4.30. The zero-order valence-electron chi connectivity index (χ0n) is 23.5. The molecule has 0 saturated carbocycles. The monoisotopic (exact) mass is 595 g/mol. The number of imidazole rings is 1.